The molecular weight excluding hydrogens is 220 g/mol. The van der Waals surface area contributed by atoms with Gasteiger partial charge in [-0.25, -0.2) is 0 Å². The fourth-order valence-electron chi connectivity index (χ4n) is 2.48. The molecule has 0 radical (unpaired) electrons. The average Bonchev–Trinajstić information content (AvgIpc) is 2.27. The monoisotopic (exact) mass is 234 g/mol. The molecule has 0 aromatic rings. The van der Waals surface area contributed by atoms with Crippen molar-refractivity contribution in [2.24, 2.45) is 11.3 Å². The molecule has 0 aromatic carbocycles. The van der Waals surface area contributed by atoms with Gasteiger partial charge in [0.2, 0.25) is 0 Å². The molecule has 1 nitrogen and oxygen atoms in total. The molecule has 2 heteroatoms. The summed E-state index contributed by atoms with van der Waals surface area (Å²) < 4.78 is 0. The maximum absolute atomic E-state index is 11.2. The molecule has 1 spiro atoms. The largest absolute Gasteiger partial charge is 0.290 e. The van der Waals surface area contributed by atoms with Crippen LogP contribution in [0.4, 0.5) is 0 Å². The van der Waals surface area contributed by atoms with Crippen molar-refractivity contribution in [3.63, 3.8) is 0 Å². The lowest BCUT2D eigenvalue weighted by Crippen LogP contribution is -2.29. The molecule has 1 atom stereocenters. The summed E-state index contributed by atoms with van der Waals surface area (Å²) in [5, 5.41) is 0.893. The second kappa shape index (κ2) is 4.42. The van der Waals surface area contributed by atoms with Gasteiger partial charge in [0.1, 0.15) is 0 Å². The molecule has 1 unspecified atom stereocenters. The number of carbonyl (C=O) groups excluding carboxylic acids is 1. The molecule has 0 aromatic heterocycles. The van der Waals surface area contributed by atoms with Crippen LogP contribution in [0, 0.1) is 11.3 Å². The smallest absolute Gasteiger partial charge is 0.178 e. The van der Waals surface area contributed by atoms with Crippen LogP contribution in [0.25, 0.3) is 0 Å². The van der Waals surface area contributed by atoms with Gasteiger partial charge in [-0.2, -0.15) is 0 Å². The first-order valence-corrected chi connectivity index (χ1v) is 5.95. The Morgan fingerprint density at radius 3 is 2.81 bits per heavy atom. The number of ketones is 1. The molecule has 0 saturated heterocycles. The molecule has 16 heavy (non-hydrogen) atoms. The minimum absolute atomic E-state index is 0.0538. The van der Waals surface area contributed by atoms with Crippen LogP contribution >= 0.6 is 11.6 Å². The molecule has 2 aliphatic rings. The summed E-state index contributed by atoms with van der Waals surface area (Å²) in [5.74, 6) is 0.520. The quantitative estimate of drug-likeness (QED) is 0.665. The van der Waals surface area contributed by atoms with Crippen molar-refractivity contribution in [3.05, 3.63) is 48.1 Å². The van der Waals surface area contributed by atoms with Gasteiger partial charge in [-0.1, -0.05) is 35.9 Å². The van der Waals surface area contributed by atoms with Gasteiger partial charge < -0.3 is 0 Å². The highest BCUT2D eigenvalue weighted by atomic mass is 35.5. The van der Waals surface area contributed by atoms with E-state index in [4.69, 9.17) is 11.6 Å². The molecule has 0 fully saturated rings. The van der Waals surface area contributed by atoms with Crippen molar-refractivity contribution >= 4 is 17.4 Å². The first kappa shape index (κ1) is 11.4. The van der Waals surface area contributed by atoms with Gasteiger partial charge in [0.25, 0.3) is 0 Å². The van der Waals surface area contributed by atoms with Crippen molar-refractivity contribution in [3.8, 4) is 0 Å². The lowest BCUT2D eigenvalue weighted by atomic mass is 9.67. The fourth-order valence-corrected chi connectivity index (χ4v) is 2.78. The van der Waals surface area contributed by atoms with Gasteiger partial charge in [0, 0.05) is 10.4 Å². The fraction of sp³-hybridized carbons (Fsp3) is 0.357. The van der Waals surface area contributed by atoms with Crippen LogP contribution in [0.15, 0.2) is 48.1 Å². The van der Waals surface area contributed by atoms with Crippen molar-refractivity contribution in [1.82, 2.24) is 0 Å². The molecular formula is C14H15ClO. The minimum atomic E-state index is -0.169. The maximum Gasteiger partial charge on any atom is 0.178 e. The van der Waals surface area contributed by atoms with Crippen LogP contribution in [-0.4, -0.2) is 5.78 Å². The summed E-state index contributed by atoms with van der Waals surface area (Å²) in [6.07, 6.45) is 14.2. The van der Waals surface area contributed by atoms with Gasteiger partial charge in [-0.15, -0.1) is 6.58 Å². The number of hydrogen-bond acceptors (Lipinski definition) is 1. The Bertz CT molecular complexity index is 385. The predicted octanol–water partition coefficient (Wildman–Crippen LogP) is 3.78. The Hall–Kier alpha value is -1.08. The first-order chi connectivity index (χ1) is 7.66. The van der Waals surface area contributed by atoms with Crippen LogP contribution in [0.3, 0.4) is 0 Å². The maximum atomic E-state index is 11.2. The highest BCUT2D eigenvalue weighted by molar-refractivity contribution is 6.29. The second-order valence-electron chi connectivity index (χ2n) is 4.42. The third-order valence-corrected chi connectivity index (χ3v) is 3.67. The zero-order valence-electron chi connectivity index (χ0n) is 9.16. The number of allylic oxidation sites excluding steroid dienone is 7. The molecule has 0 amide bonds. The van der Waals surface area contributed by atoms with Gasteiger partial charge in [0.15, 0.2) is 5.78 Å². The highest BCUT2D eigenvalue weighted by Crippen LogP contribution is 2.45. The third kappa shape index (κ3) is 2.05. The zero-order chi connectivity index (χ0) is 11.6. The Kier molecular flexibility index (Phi) is 3.15. The molecule has 0 saturated carbocycles. The molecule has 0 N–H and O–H groups in total. The highest BCUT2D eigenvalue weighted by Gasteiger charge is 2.35. The van der Waals surface area contributed by atoms with Crippen LogP contribution in [0.5, 0.6) is 0 Å². The van der Waals surface area contributed by atoms with Crippen LogP contribution in [0.1, 0.15) is 19.3 Å². The third-order valence-electron chi connectivity index (χ3n) is 3.37. The van der Waals surface area contributed by atoms with Crippen molar-refractivity contribution in [2.75, 3.05) is 0 Å². The summed E-state index contributed by atoms with van der Waals surface area (Å²) in [7, 11) is 0. The van der Waals surface area contributed by atoms with E-state index in [1.807, 2.05) is 18.2 Å². The molecule has 0 heterocycles. The minimum Gasteiger partial charge on any atom is -0.290 e. The van der Waals surface area contributed by atoms with Crippen LogP contribution in [0.2, 0.25) is 0 Å². The second-order valence-corrected chi connectivity index (χ2v) is 4.91. The molecule has 2 aliphatic carbocycles. The Morgan fingerprint density at radius 1 is 1.50 bits per heavy atom. The molecule has 0 aliphatic heterocycles. The predicted molar refractivity (Wildman–Crippen MR) is 67.2 cm³/mol. The SMILES string of the molecule is C=CCC1CCC(Cl)=CC12C=CC(=O)C=C2. The Morgan fingerprint density at radius 2 is 2.19 bits per heavy atom. The van der Waals surface area contributed by atoms with Crippen molar-refractivity contribution < 1.29 is 4.79 Å². The topological polar surface area (TPSA) is 17.1 Å². The van der Waals surface area contributed by atoms with E-state index in [1.54, 1.807) is 12.2 Å². The van der Waals surface area contributed by atoms with E-state index in [0.29, 0.717) is 5.92 Å². The summed E-state index contributed by atoms with van der Waals surface area (Å²) in [4.78, 5) is 11.2. The summed E-state index contributed by atoms with van der Waals surface area (Å²) >= 11 is 6.12. The van der Waals surface area contributed by atoms with Gasteiger partial charge in [-0.05, 0) is 37.3 Å². The summed E-state index contributed by atoms with van der Waals surface area (Å²) in [6, 6.07) is 0. The summed E-state index contributed by atoms with van der Waals surface area (Å²) in [5.41, 5.74) is -0.169. The number of rotatable bonds is 2. The van der Waals surface area contributed by atoms with Gasteiger partial charge in [-0.3, -0.25) is 4.79 Å². The molecule has 84 valence electrons. The van der Waals surface area contributed by atoms with Gasteiger partial charge >= 0.3 is 0 Å². The lowest BCUT2D eigenvalue weighted by Gasteiger charge is -2.38. The average molecular weight is 235 g/mol. The van der Waals surface area contributed by atoms with E-state index < -0.39 is 0 Å². The van der Waals surface area contributed by atoms with E-state index in [1.165, 1.54) is 0 Å². The molecule has 2 rings (SSSR count). The van der Waals surface area contributed by atoms with E-state index in [-0.39, 0.29) is 11.2 Å². The Labute approximate surface area is 101 Å². The lowest BCUT2D eigenvalue weighted by molar-refractivity contribution is -0.110. The van der Waals surface area contributed by atoms with Crippen molar-refractivity contribution in [1.29, 1.82) is 0 Å². The van der Waals surface area contributed by atoms with E-state index in [0.717, 1.165) is 24.3 Å². The van der Waals surface area contributed by atoms with Crippen LogP contribution in [-0.2, 0) is 4.79 Å². The standard InChI is InChI=1S/C14H15ClO/c1-2-3-11-4-5-12(15)10-14(11)8-6-13(16)7-9-14/h2,6-11H,1,3-5H2. The van der Waals surface area contributed by atoms with E-state index >= 15 is 0 Å². The van der Waals surface area contributed by atoms with E-state index in [9.17, 15) is 4.79 Å². The normalized spacial score (nSPS) is 26.9. The first-order valence-electron chi connectivity index (χ1n) is 5.57. The van der Waals surface area contributed by atoms with Crippen molar-refractivity contribution in [2.45, 2.75) is 19.3 Å². The van der Waals surface area contributed by atoms with Crippen LogP contribution < -0.4 is 0 Å². The number of hydrogen-bond donors (Lipinski definition) is 0. The van der Waals surface area contributed by atoms with Gasteiger partial charge in [0.05, 0.1) is 0 Å². The number of carbonyl (C=O) groups is 1. The Balaban J connectivity index is 2.36. The molecule has 0 bridgehead atoms. The van der Waals surface area contributed by atoms with E-state index in [2.05, 4.69) is 12.7 Å². The number of halogens is 1. The zero-order valence-corrected chi connectivity index (χ0v) is 9.91. The summed E-state index contributed by atoms with van der Waals surface area (Å²) in [6.45, 7) is 3.80.